The number of sulfonamides is 1. The molecule has 1 atom stereocenters. The fourth-order valence-corrected chi connectivity index (χ4v) is 5.85. The molecule has 2 fully saturated rings. The first-order valence-corrected chi connectivity index (χ1v) is 14.0. The number of methoxy groups -OCH3 is 1. The van der Waals surface area contributed by atoms with Gasteiger partial charge >= 0.3 is 0 Å². The third kappa shape index (κ3) is 7.07. The maximum atomic E-state index is 13.4. The molecule has 2 aromatic rings. The molecule has 2 heterocycles. The van der Waals surface area contributed by atoms with E-state index in [2.05, 4.69) is 20.3 Å². The Morgan fingerprint density at radius 1 is 1.13 bits per heavy atom. The van der Waals surface area contributed by atoms with Crippen molar-refractivity contribution in [2.45, 2.75) is 36.2 Å². The minimum Gasteiger partial charge on any atom is -0.495 e. The summed E-state index contributed by atoms with van der Waals surface area (Å²) in [5.74, 6) is -1.08. The molecule has 0 bridgehead atoms. The zero-order valence-electron chi connectivity index (χ0n) is 21.4. The van der Waals surface area contributed by atoms with Crippen molar-refractivity contribution in [1.82, 2.24) is 14.9 Å². The summed E-state index contributed by atoms with van der Waals surface area (Å²) >= 11 is 0. The zero-order chi connectivity index (χ0) is 27.3. The summed E-state index contributed by atoms with van der Waals surface area (Å²) in [4.78, 5) is 28.4. The number of carbonyl (C=O) groups excluding carboxylic acids is 2. The van der Waals surface area contributed by atoms with Gasteiger partial charge in [0, 0.05) is 17.3 Å². The highest BCUT2D eigenvalue weighted by molar-refractivity contribution is 7.89. The van der Waals surface area contributed by atoms with E-state index >= 15 is 0 Å². The molecular weight excluding hydrogens is 515 g/mol. The average molecular weight is 549 g/mol. The van der Waals surface area contributed by atoms with Crippen LogP contribution < -0.4 is 20.1 Å². The van der Waals surface area contributed by atoms with Crippen LogP contribution >= 0.6 is 0 Å². The van der Waals surface area contributed by atoms with E-state index in [0.29, 0.717) is 25.3 Å². The number of hydrogen-bond donors (Lipinski definition) is 3. The Kier molecular flexibility index (Phi) is 8.98. The molecule has 2 amide bonds. The Bertz CT molecular complexity index is 1240. The quantitative estimate of drug-likeness (QED) is 0.415. The van der Waals surface area contributed by atoms with Crippen molar-refractivity contribution in [1.29, 1.82) is 0 Å². The smallest absolute Gasteiger partial charge is 0.251 e. The maximum absolute atomic E-state index is 13.4. The molecule has 0 radical (unpaired) electrons. The number of rotatable bonds is 10. The van der Waals surface area contributed by atoms with Crippen LogP contribution in [0.5, 0.6) is 5.75 Å². The maximum Gasteiger partial charge on any atom is 0.251 e. The van der Waals surface area contributed by atoms with Crippen LogP contribution in [0, 0.1) is 11.7 Å². The number of amides is 2. The van der Waals surface area contributed by atoms with Gasteiger partial charge in [-0.1, -0.05) is 0 Å². The monoisotopic (exact) mass is 548 g/mol. The van der Waals surface area contributed by atoms with Gasteiger partial charge in [-0.05, 0) is 81.7 Å². The van der Waals surface area contributed by atoms with Crippen LogP contribution in [0.4, 0.5) is 10.1 Å². The number of hydrogen-bond acceptors (Lipinski definition) is 7. The van der Waals surface area contributed by atoms with E-state index in [1.165, 1.54) is 49.6 Å². The number of nitrogens with zero attached hydrogens (tertiary/aromatic N) is 1. The number of carbonyl (C=O) groups is 2. The fourth-order valence-electron chi connectivity index (χ4n) is 4.49. The Morgan fingerprint density at radius 3 is 2.42 bits per heavy atom. The largest absolute Gasteiger partial charge is 0.495 e. The van der Waals surface area contributed by atoms with Crippen LogP contribution in [0.15, 0.2) is 47.4 Å². The SMILES string of the molecule is COc1cc(NC(=O)[C@H](CC2CCN(C)CC2)NC(=O)c2ccc(F)cc2)ccc1S(=O)(=O)NC1COC1. The van der Waals surface area contributed by atoms with Crippen LogP contribution in [-0.4, -0.2) is 77.7 Å². The molecular formula is C26H33FN4O6S. The Labute approximate surface area is 221 Å². The third-order valence-electron chi connectivity index (χ3n) is 6.82. The molecule has 206 valence electrons. The van der Waals surface area contributed by atoms with Gasteiger partial charge in [-0.15, -0.1) is 0 Å². The van der Waals surface area contributed by atoms with Gasteiger partial charge in [0.15, 0.2) is 0 Å². The summed E-state index contributed by atoms with van der Waals surface area (Å²) in [6.45, 7) is 2.41. The van der Waals surface area contributed by atoms with Gasteiger partial charge in [0.05, 0.1) is 26.4 Å². The predicted octanol–water partition coefficient (Wildman–Crippen LogP) is 1.98. The van der Waals surface area contributed by atoms with Crippen molar-refractivity contribution < 1.29 is 31.9 Å². The lowest BCUT2D eigenvalue weighted by molar-refractivity contribution is -0.118. The minimum absolute atomic E-state index is 0.0580. The molecule has 0 spiro atoms. The van der Waals surface area contributed by atoms with E-state index in [-0.39, 0.29) is 28.2 Å². The zero-order valence-corrected chi connectivity index (χ0v) is 22.2. The number of piperidine rings is 1. The van der Waals surface area contributed by atoms with Gasteiger partial charge in [0.2, 0.25) is 15.9 Å². The molecule has 0 aliphatic carbocycles. The van der Waals surface area contributed by atoms with Crippen molar-refractivity contribution in [3.63, 3.8) is 0 Å². The molecule has 12 heteroatoms. The van der Waals surface area contributed by atoms with Crippen LogP contribution in [0.2, 0.25) is 0 Å². The number of halogens is 1. The molecule has 0 unspecified atom stereocenters. The molecule has 0 saturated carbocycles. The lowest BCUT2D eigenvalue weighted by atomic mass is 9.90. The van der Waals surface area contributed by atoms with Crippen molar-refractivity contribution in [3.8, 4) is 5.75 Å². The molecule has 10 nitrogen and oxygen atoms in total. The van der Waals surface area contributed by atoms with E-state index in [1.807, 2.05) is 7.05 Å². The van der Waals surface area contributed by atoms with Crippen molar-refractivity contribution in [2.24, 2.45) is 5.92 Å². The Hall–Kier alpha value is -3.06. The summed E-state index contributed by atoms with van der Waals surface area (Å²) in [6, 6.07) is 8.22. The normalized spacial score (nSPS) is 17.9. The number of benzene rings is 2. The van der Waals surface area contributed by atoms with Gasteiger partial charge in [-0.3, -0.25) is 9.59 Å². The lowest BCUT2D eigenvalue weighted by Crippen LogP contribution is -2.48. The van der Waals surface area contributed by atoms with Gasteiger partial charge in [0.25, 0.3) is 5.91 Å². The molecule has 2 aliphatic heterocycles. The van der Waals surface area contributed by atoms with Crippen molar-refractivity contribution >= 4 is 27.5 Å². The summed E-state index contributed by atoms with van der Waals surface area (Å²) < 4.78 is 51.7. The van der Waals surface area contributed by atoms with E-state index in [9.17, 15) is 22.4 Å². The van der Waals surface area contributed by atoms with E-state index in [1.54, 1.807) is 0 Å². The second kappa shape index (κ2) is 12.2. The number of anilines is 1. The van der Waals surface area contributed by atoms with Crippen LogP contribution in [-0.2, 0) is 19.6 Å². The summed E-state index contributed by atoms with van der Waals surface area (Å²) in [5, 5.41) is 5.58. The second-order valence-corrected chi connectivity index (χ2v) is 11.4. The Balaban J connectivity index is 1.50. The van der Waals surface area contributed by atoms with E-state index < -0.39 is 33.7 Å². The third-order valence-corrected chi connectivity index (χ3v) is 8.38. The van der Waals surface area contributed by atoms with Crippen LogP contribution in [0.25, 0.3) is 0 Å². The summed E-state index contributed by atoms with van der Waals surface area (Å²) in [5.41, 5.74) is 0.565. The standard InChI is InChI=1S/C26H33FN4O6S/c1-31-11-9-17(10-12-31)13-22(29-25(32)18-3-5-19(27)6-4-18)26(33)28-20-7-8-24(23(14-20)36-2)38(34,35)30-21-15-37-16-21/h3-8,14,17,21-22,30H,9-13,15-16H2,1-2H3,(H,28,33)(H,29,32)/t22-/m0/s1. The van der Waals surface area contributed by atoms with Gasteiger partial charge in [-0.2, -0.15) is 0 Å². The fraction of sp³-hybridized carbons (Fsp3) is 0.462. The molecule has 0 aromatic heterocycles. The number of likely N-dealkylation sites (tertiary alicyclic amines) is 1. The second-order valence-electron chi connectivity index (χ2n) is 9.73. The topological polar surface area (TPSA) is 126 Å². The molecule has 2 aromatic carbocycles. The predicted molar refractivity (Wildman–Crippen MR) is 139 cm³/mol. The molecule has 2 aliphatic rings. The minimum atomic E-state index is -3.85. The first kappa shape index (κ1) is 28.0. The average Bonchev–Trinajstić information content (AvgIpc) is 2.87. The highest BCUT2D eigenvalue weighted by atomic mass is 32.2. The summed E-state index contributed by atoms with van der Waals surface area (Å²) in [6.07, 6.45) is 2.22. The van der Waals surface area contributed by atoms with Crippen LogP contribution in [0.3, 0.4) is 0 Å². The highest BCUT2D eigenvalue weighted by Gasteiger charge is 2.30. The van der Waals surface area contributed by atoms with Gasteiger partial charge in [0.1, 0.15) is 22.5 Å². The van der Waals surface area contributed by atoms with E-state index in [0.717, 1.165) is 25.9 Å². The van der Waals surface area contributed by atoms with Crippen molar-refractivity contribution in [2.75, 3.05) is 45.8 Å². The number of nitrogens with one attached hydrogen (secondary N) is 3. The first-order chi connectivity index (χ1) is 18.1. The van der Waals surface area contributed by atoms with E-state index in [4.69, 9.17) is 9.47 Å². The lowest BCUT2D eigenvalue weighted by Gasteiger charge is -2.31. The van der Waals surface area contributed by atoms with Crippen LogP contribution in [0.1, 0.15) is 29.6 Å². The molecule has 2 saturated heterocycles. The molecule has 3 N–H and O–H groups in total. The summed E-state index contributed by atoms with van der Waals surface area (Å²) in [7, 11) is -0.463. The number of ether oxygens (including phenoxy) is 2. The molecule has 38 heavy (non-hydrogen) atoms. The van der Waals surface area contributed by atoms with Gasteiger partial charge in [-0.25, -0.2) is 17.5 Å². The van der Waals surface area contributed by atoms with Gasteiger partial charge < -0.3 is 25.0 Å². The Morgan fingerprint density at radius 2 is 1.82 bits per heavy atom. The van der Waals surface area contributed by atoms with Crippen molar-refractivity contribution in [3.05, 3.63) is 53.8 Å². The highest BCUT2D eigenvalue weighted by Crippen LogP contribution is 2.28. The first-order valence-electron chi connectivity index (χ1n) is 12.5. The molecule has 4 rings (SSSR count).